The van der Waals surface area contributed by atoms with Crippen molar-refractivity contribution in [3.63, 3.8) is 0 Å². The fraction of sp³-hybridized carbons (Fsp3) is 0.316. The molecule has 0 amide bonds. The Balaban J connectivity index is 1.79. The van der Waals surface area contributed by atoms with Crippen molar-refractivity contribution in [3.8, 4) is 0 Å². The van der Waals surface area contributed by atoms with Crippen LogP contribution < -0.4 is 0 Å². The Hall–Kier alpha value is -1.87. The van der Waals surface area contributed by atoms with Gasteiger partial charge >= 0.3 is 5.97 Å². The second kappa shape index (κ2) is 6.71. The van der Waals surface area contributed by atoms with E-state index in [-0.39, 0.29) is 18.4 Å². The summed E-state index contributed by atoms with van der Waals surface area (Å²) in [7, 11) is 0. The third kappa shape index (κ3) is 3.25. The third-order valence-corrected chi connectivity index (χ3v) is 4.93. The zero-order valence-corrected chi connectivity index (χ0v) is 13.5. The first-order valence-corrected chi connectivity index (χ1v) is 8.16. The Morgan fingerprint density at radius 1 is 1.09 bits per heavy atom. The molecule has 1 fully saturated rings. The van der Waals surface area contributed by atoms with Gasteiger partial charge in [0, 0.05) is 10.6 Å². The Kier molecular flexibility index (Phi) is 4.67. The Labute approximate surface area is 140 Å². The summed E-state index contributed by atoms with van der Waals surface area (Å²) in [6, 6.07) is 13.5. The molecule has 1 aliphatic carbocycles. The normalized spacial score (nSPS) is 16.3. The van der Waals surface area contributed by atoms with Gasteiger partial charge in [-0.15, -0.1) is 0 Å². The van der Waals surface area contributed by atoms with Crippen LogP contribution in [0, 0.1) is 5.82 Å². The Bertz CT molecular complexity index is 691. The van der Waals surface area contributed by atoms with Crippen molar-refractivity contribution in [3.05, 3.63) is 70.5 Å². The lowest BCUT2D eigenvalue weighted by atomic mass is 9.79. The van der Waals surface area contributed by atoms with Crippen LogP contribution in [0.25, 0.3) is 0 Å². The van der Waals surface area contributed by atoms with Crippen molar-refractivity contribution < 1.29 is 13.9 Å². The van der Waals surface area contributed by atoms with E-state index in [2.05, 4.69) is 0 Å². The molecule has 3 rings (SSSR count). The lowest BCUT2D eigenvalue weighted by Gasteiger charge is -2.27. The first-order chi connectivity index (χ1) is 11.1. The van der Waals surface area contributed by atoms with Gasteiger partial charge in [0.2, 0.25) is 0 Å². The highest BCUT2D eigenvalue weighted by Crippen LogP contribution is 2.42. The fourth-order valence-electron chi connectivity index (χ4n) is 3.26. The number of hydrogen-bond acceptors (Lipinski definition) is 2. The maximum atomic E-state index is 13.2. The van der Waals surface area contributed by atoms with Gasteiger partial charge in [-0.05, 0) is 36.6 Å². The van der Waals surface area contributed by atoms with Crippen LogP contribution in [0.4, 0.5) is 4.39 Å². The van der Waals surface area contributed by atoms with Gasteiger partial charge in [-0.3, -0.25) is 4.79 Å². The van der Waals surface area contributed by atoms with Crippen LogP contribution >= 0.6 is 11.6 Å². The molecule has 0 aromatic heterocycles. The minimum absolute atomic E-state index is 0.154. The molecule has 0 bridgehead atoms. The summed E-state index contributed by atoms with van der Waals surface area (Å²) in [6.45, 7) is 0.154. The first kappa shape index (κ1) is 16.0. The standard InChI is InChI=1S/C19H18ClFO2/c20-17-6-2-1-5-14(17)13-23-18(22)19(11-3-4-12-19)15-7-9-16(21)10-8-15/h1-2,5-10H,3-4,11-13H2. The smallest absolute Gasteiger partial charge is 0.316 e. The second-order valence-electron chi connectivity index (χ2n) is 5.96. The number of carbonyl (C=O) groups excluding carboxylic acids is 1. The van der Waals surface area contributed by atoms with Crippen LogP contribution in [0.3, 0.4) is 0 Å². The van der Waals surface area contributed by atoms with Crippen LogP contribution in [-0.4, -0.2) is 5.97 Å². The molecule has 23 heavy (non-hydrogen) atoms. The number of rotatable bonds is 4. The van der Waals surface area contributed by atoms with Gasteiger partial charge in [-0.25, -0.2) is 4.39 Å². The summed E-state index contributed by atoms with van der Waals surface area (Å²) in [5, 5.41) is 0.586. The minimum atomic E-state index is -0.658. The number of hydrogen-bond donors (Lipinski definition) is 0. The van der Waals surface area contributed by atoms with Gasteiger partial charge in [-0.1, -0.05) is 54.8 Å². The predicted molar refractivity (Wildman–Crippen MR) is 87.8 cm³/mol. The monoisotopic (exact) mass is 332 g/mol. The third-order valence-electron chi connectivity index (χ3n) is 4.56. The van der Waals surface area contributed by atoms with Gasteiger partial charge in [0.1, 0.15) is 12.4 Å². The molecule has 0 spiro atoms. The van der Waals surface area contributed by atoms with E-state index in [1.54, 1.807) is 18.2 Å². The Morgan fingerprint density at radius 2 is 1.74 bits per heavy atom. The van der Waals surface area contributed by atoms with E-state index in [9.17, 15) is 9.18 Å². The molecule has 0 N–H and O–H groups in total. The molecule has 4 heteroatoms. The molecular weight excluding hydrogens is 315 g/mol. The summed E-state index contributed by atoms with van der Waals surface area (Å²) >= 11 is 6.10. The average molecular weight is 333 g/mol. The molecule has 1 aliphatic rings. The van der Waals surface area contributed by atoms with Crippen molar-refractivity contribution in [1.29, 1.82) is 0 Å². The van der Waals surface area contributed by atoms with E-state index in [1.165, 1.54) is 12.1 Å². The van der Waals surface area contributed by atoms with Crippen LogP contribution in [0.5, 0.6) is 0 Å². The summed E-state index contributed by atoms with van der Waals surface area (Å²) < 4.78 is 18.7. The average Bonchev–Trinajstić information content (AvgIpc) is 3.05. The molecule has 1 saturated carbocycles. The van der Waals surface area contributed by atoms with Crippen molar-refractivity contribution in [2.24, 2.45) is 0 Å². The summed E-state index contributed by atoms with van der Waals surface area (Å²) in [5.74, 6) is -0.548. The quantitative estimate of drug-likeness (QED) is 0.734. The molecule has 0 atom stereocenters. The minimum Gasteiger partial charge on any atom is -0.460 e. The van der Waals surface area contributed by atoms with E-state index in [0.717, 1.165) is 36.8 Å². The van der Waals surface area contributed by atoms with E-state index in [1.807, 2.05) is 18.2 Å². The zero-order valence-electron chi connectivity index (χ0n) is 12.7. The van der Waals surface area contributed by atoms with E-state index in [4.69, 9.17) is 16.3 Å². The van der Waals surface area contributed by atoms with Crippen LogP contribution in [0.2, 0.25) is 5.02 Å². The molecule has 2 nitrogen and oxygen atoms in total. The maximum Gasteiger partial charge on any atom is 0.316 e. The fourth-order valence-corrected chi connectivity index (χ4v) is 3.45. The maximum absolute atomic E-state index is 13.2. The summed E-state index contributed by atoms with van der Waals surface area (Å²) in [6.07, 6.45) is 3.41. The van der Waals surface area contributed by atoms with Gasteiger partial charge in [0.15, 0.2) is 0 Å². The highest BCUT2D eigenvalue weighted by molar-refractivity contribution is 6.31. The predicted octanol–water partition coefficient (Wildman–Crippen LogP) is 5.03. The highest BCUT2D eigenvalue weighted by Gasteiger charge is 2.44. The van der Waals surface area contributed by atoms with Crippen molar-refractivity contribution >= 4 is 17.6 Å². The summed E-state index contributed by atoms with van der Waals surface area (Å²) in [5.41, 5.74) is 0.963. The van der Waals surface area contributed by atoms with Crippen LogP contribution in [0.1, 0.15) is 36.8 Å². The number of ether oxygens (including phenoxy) is 1. The van der Waals surface area contributed by atoms with Crippen LogP contribution in [0.15, 0.2) is 48.5 Å². The molecule has 2 aromatic carbocycles. The van der Waals surface area contributed by atoms with Gasteiger partial charge in [-0.2, -0.15) is 0 Å². The molecule has 0 unspecified atom stereocenters. The molecule has 0 radical (unpaired) electrons. The van der Waals surface area contributed by atoms with Gasteiger partial charge in [0.05, 0.1) is 5.41 Å². The van der Waals surface area contributed by atoms with Gasteiger partial charge in [0.25, 0.3) is 0 Å². The number of esters is 1. The molecule has 120 valence electrons. The molecule has 2 aromatic rings. The van der Waals surface area contributed by atoms with E-state index >= 15 is 0 Å². The number of benzene rings is 2. The van der Waals surface area contributed by atoms with Crippen molar-refractivity contribution in [1.82, 2.24) is 0 Å². The van der Waals surface area contributed by atoms with Crippen molar-refractivity contribution in [2.45, 2.75) is 37.7 Å². The molecule has 0 heterocycles. The zero-order chi connectivity index (χ0) is 16.3. The first-order valence-electron chi connectivity index (χ1n) is 7.78. The lowest BCUT2D eigenvalue weighted by Crippen LogP contribution is -2.34. The lowest BCUT2D eigenvalue weighted by molar-refractivity contribution is -0.152. The highest BCUT2D eigenvalue weighted by atomic mass is 35.5. The topological polar surface area (TPSA) is 26.3 Å². The van der Waals surface area contributed by atoms with Gasteiger partial charge < -0.3 is 4.74 Å². The molecule has 0 saturated heterocycles. The van der Waals surface area contributed by atoms with E-state index in [0.29, 0.717) is 5.02 Å². The summed E-state index contributed by atoms with van der Waals surface area (Å²) in [4.78, 5) is 12.8. The molecular formula is C19H18ClFO2. The SMILES string of the molecule is O=C(OCc1ccccc1Cl)C1(c2ccc(F)cc2)CCCC1. The van der Waals surface area contributed by atoms with Crippen LogP contribution in [-0.2, 0) is 21.6 Å². The Morgan fingerprint density at radius 3 is 2.39 bits per heavy atom. The second-order valence-corrected chi connectivity index (χ2v) is 6.37. The van der Waals surface area contributed by atoms with Crippen molar-refractivity contribution in [2.75, 3.05) is 0 Å². The molecule has 0 aliphatic heterocycles. The largest absolute Gasteiger partial charge is 0.460 e. The van der Waals surface area contributed by atoms with E-state index < -0.39 is 5.41 Å². The number of halogens is 2. The number of carbonyl (C=O) groups is 1.